The predicted octanol–water partition coefficient (Wildman–Crippen LogP) is 4.29. The molecule has 0 saturated heterocycles. The Balaban J connectivity index is 2.23. The quantitative estimate of drug-likeness (QED) is 0.727. The molecular weight excluding hydrogens is 194 g/mol. The highest BCUT2D eigenvalue weighted by Crippen LogP contribution is 2.20. The van der Waals surface area contributed by atoms with Crippen LogP contribution in [0.1, 0.15) is 57.6 Å². The molecule has 1 nitrogen and oxygen atoms in total. The van der Waals surface area contributed by atoms with Crippen molar-refractivity contribution in [3.8, 4) is 0 Å². The number of hydrogen-bond acceptors (Lipinski definition) is 1. The molecule has 2 unspecified atom stereocenters. The van der Waals surface area contributed by atoms with Crippen molar-refractivity contribution in [2.45, 2.75) is 52.0 Å². The molecule has 16 heavy (non-hydrogen) atoms. The Morgan fingerprint density at radius 3 is 2.38 bits per heavy atom. The second kappa shape index (κ2) is 7.45. The molecule has 1 heteroatoms. The van der Waals surface area contributed by atoms with E-state index in [1.807, 2.05) is 6.07 Å². The van der Waals surface area contributed by atoms with Crippen molar-refractivity contribution in [2.75, 3.05) is 0 Å². The first-order valence-electron chi connectivity index (χ1n) is 6.54. The van der Waals surface area contributed by atoms with Gasteiger partial charge in [0, 0.05) is 6.04 Å². The van der Waals surface area contributed by atoms with Gasteiger partial charge >= 0.3 is 0 Å². The molecular formula is C15H25N. The Morgan fingerprint density at radius 2 is 1.75 bits per heavy atom. The van der Waals surface area contributed by atoms with Crippen molar-refractivity contribution in [1.29, 1.82) is 0 Å². The lowest BCUT2D eigenvalue weighted by molar-refractivity contribution is 0.446. The Morgan fingerprint density at radius 1 is 1.06 bits per heavy atom. The highest BCUT2D eigenvalue weighted by Gasteiger charge is 2.06. The van der Waals surface area contributed by atoms with Crippen LogP contribution < -0.4 is 5.73 Å². The molecule has 2 N–H and O–H groups in total. The predicted molar refractivity (Wildman–Crippen MR) is 71.3 cm³/mol. The molecule has 90 valence electrons. The van der Waals surface area contributed by atoms with E-state index in [0.29, 0.717) is 0 Å². The van der Waals surface area contributed by atoms with Gasteiger partial charge in [0.05, 0.1) is 0 Å². The molecule has 1 rings (SSSR count). The summed E-state index contributed by atoms with van der Waals surface area (Å²) in [4.78, 5) is 0. The fourth-order valence-electron chi connectivity index (χ4n) is 2.19. The second-order valence-corrected chi connectivity index (χ2v) is 4.84. The van der Waals surface area contributed by atoms with Crippen molar-refractivity contribution < 1.29 is 0 Å². The van der Waals surface area contributed by atoms with E-state index in [9.17, 15) is 0 Å². The summed E-state index contributed by atoms with van der Waals surface area (Å²) in [6.07, 6.45) is 6.32. The molecule has 0 spiro atoms. The van der Waals surface area contributed by atoms with E-state index in [4.69, 9.17) is 5.73 Å². The lowest BCUT2D eigenvalue weighted by atomic mass is 9.95. The zero-order chi connectivity index (χ0) is 11.8. The monoisotopic (exact) mass is 219 g/mol. The third-order valence-corrected chi connectivity index (χ3v) is 3.22. The maximum atomic E-state index is 6.16. The minimum atomic E-state index is 0.218. The molecule has 1 aromatic carbocycles. The molecule has 2 atom stereocenters. The van der Waals surface area contributed by atoms with Crippen LogP contribution in [0.2, 0.25) is 0 Å². The van der Waals surface area contributed by atoms with E-state index in [1.165, 1.54) is 31.2 Å². The van der Waals surface area contributed by atoms with E-state index >= 15 is 0 Å². The fourth-order valence-corrected chi connectivity index (χ4v) is 2.19. The van der Waals surface area contributed by atoms with Crippen LogP contribution in [0, 0.1) is 5.92 Å². The van der Waals surface area contributed by atoms with Crippen LogP contribution in [-0.2, 0) is 0 Å². The van der Waals surface area contributed by atoms with Crippen molar-refractivity contribution >= 4 is 0 Å². The Hall–Kier alpha value is -0.820. The third-order valence-electron chi connectivity index (χ3n) is 3.22. The van der Waals surface area contributed by atoms with Gasteiger partial charge in [-0.3, -0.25) is 0 Å². The summed E-state index contributed by atoms with van der Waals surface area (Å²) in [5.74, 6) is 0.855. The number of rotatable bonds is 7. The topological polar surface area (TPSA) is 26.0 Å². The molecule has 0 aliphatic rings. The molecule has 1 aromatic rings. The van der Waals surface area contributed by atoms with Crippen molar-refractivity contribution in [1.82, 2.24) is 0 Å². The van der Waals surface area contributed by atoms with Crippen LogP contribution in [0.4, 0.5) is 0 Å². The molecule has 0 aliphatic carbocycles. The van der Waals surface area contributed by atoms with Gasteiger partial charge in [0.15, 0.2) is 0 Å². The minimum absolute atomic E-state index is 0.218. The molecule has 0 aromatic heterocycles. The van der Waals surface area contributed by atoms with Crippen molar-refractivity contribution in [2.24, 2.45) is 11.7 Å². The first-order valence-corrected chi connectivity index (χ1v) is 6.54. The molecule has 0 aliphatic heterocycles. The number of hydrogen-bond donors (Lipinski definition) is 1. The fraction of sp³-hybridized carbons (Fsp3) is 0.600. The Bertz CT molecular complexity index is 268. The van der Waals surface area contributed by atoms with E-state index in [-0.39, 0.29) is 6.04 Å². The van der Waals surface area contributed by atoms with Gasteiger partial charge in [0.1, 0.15) is 0 Å². The van der Waals surface area contributed by atoms with Crippen LogP contribution in [0.15, 0.2) is 30.3 Å². The maximum Gasteiger partial charge on any atom is 0.0294 e. The average Bonchev–Trinajstić information content (AvgIpc) is 2.30. The summed E-state index contributed by atoms with van der Waals surface area (Å²) in [6, 6.07) is 10.6. The molecule has 0 heterocycles. The summed E-state index contributed by atoms with van der Waals surface area (Å²) in [6.45, 7) is 4.60. The van der Waals surface area contributed by atoms with Gasteiger partial charge in [0.25, 0.3) is 0 Å². The van der Waals surface area contributed by atoms with Gasteiger partial charge in [-0.2, -0.15) is 0 Å². The van der Waals surface area contributed by atoms with Gasteiger partial charge in [-0.25, -0.2) is 0 Å². The zero-order valence-electron chi connectivity index (χ0n) is 10.7. The second-order valence-electron chi connectivity index (χ2n) is 4.84. The van der Waals surface area contributed by atoms with Crippen LogP contribution in [0.3, 0.4) is 0 Å². The summed E-state index contributed by atoms with van der Waals surface area (Å²) < 4.78 is 0. The van der Waals surface area contributed by atoms with Crippen molar-refractivity contribution in [3.05, 3.63) is 35.9 Å². The highest BCUT2D eigenvalue weighted by atomic mass is 14.6. The average molecular weight is 219 g/mol. The normalized spacial score (nSPS) is 14.7. The van der Waals surface area contributed by atoms with Crippen LogP contribution in [0.5, 0.6) is 0 Å². The van der Waals surface area contributed by atoms with Crippen LogP contribution >= 0.6 is 0 Å². The van der Waals surface area contributed by atoms with Gasteiger partial charge in [-0.1, -0.05) is 69.9 Å². The molecule has 0 amide bonds. The minimum Gasteiger partial charge on any atom is -0.324 e. The number of benzene rings is 1. The Kier molecular flexibility index (Phi) is 6.17. The molecule has 0 saturated carbocycles. The first kappa shape index (κ1) is 13.2. The number of nitrogens with two attached hydrogens (primary N) is 1. The standard InChI is InChI=1S/C15H25N/c1-3-8-13(2)9-7-12-15(16)14-10-5-4-6-11-14/h4-6,10-11,13,15H,3,7-9,12,16H2,1-2H3. The zero-order valence-corrected chi connectivity index (χ0v) is 10.7. The summed E-state index contributed by atoms with van der Waals surface area (Å²) in [7, 11) is 0. The SMILES string of the molecule is CCCC(C)CCCC(N)c1ccccc1. The van der Waals surface area contributed by atoms with Crippen LogP contribution in [-0.4, -0.2) is 0 Å². The van der Waals surface area contributed by atoms with Gasteiger partial charge in [-0.15, -0.1) is 0 Å². The van der Waals surface area contributed by atoms with E-state index in [0.717, 1.165) is 12.3 Å². The van der Waals surface area contributed by atoms with E-state index in [1.54, 1.807) is 0 Å². The smallest absolute Gasteiger partial charge is 0.0294 e. The molecule has 0 radical (unpaired) electrons. The summed E-state index contributed by atoms with van der Waals surface area (Å²) in [5.41, 5.74) is 7.42. The van der Waals surface area contributed by atoms with Crippen molar-refractivity contribution in [3.63, 3.8) is 0 Å². The first-order chi connectivity index (χ1) is 7.74. The third kappa shape index (κ3) is 4.80. The maximum absolute atomic E-state index is 6.16. The van der Waals surface area contributed by atoms with Crippen LogP contribution in [0.25, 0.3) is 0 Å². The van der Waals surface area contributed by atoms with Gasteiger partial charge < -0.3 is 5.73 Å². The largest absolute Gasteiger partial charge is 0.324 e. The van der Waals surface area contributed by atoms with Gasteiger partial charge in [0.2, 0.25) is 0 Å². The van der Waals surface area contributed by atoms with E-state index in [2.05, 4.69) is 38.1 Å². The Labute approximate surface area is 100 Å². The molecule has 0 bridgehead atoms. The lowest BCUT2D eigenvalue weighted by Crippen LogP contribution is -2.10. The lowest BCUT2D eigenvalue weighted by Gasteiger charge is -2.14. The summed E-state index contributed by atoms with van der Waals surface area (Å²) in [5, 5.41) is 0. The molecule has 0 fully saturated rings. The van der Waals surface area contributed by atoms with Gasteiger partial charge in [-0.05, 0) is 17.9 Å². The van der Waals surface area contributed by atoms with E-state index < -0.39 is 0 Å². The highest BCUT2D eigenvalue weighted by molar-refractivity contribution is 5.18. The summed E-state index contributed by atoms with van der Waals surface area (Å²) >= 11 is 0.